The van der Waals surface area contributed by atoms with Gasteiger partial charge in [-0.1, -0.05) is 19.2 Å². The van der Waals surface area contributed by atoms with Crippen molar-refractivity contribution in [2.45, 2.75) is 0 Å². The molecule has 0 amide bonds. The minimum atomic E-state index is 0. The van der Waals surface area contributed by atoms with E-state index in [-0.39, 0.29) is 5.48 Å². The molecule has 1 heteroatoms. The smallest absolute Gasteiger partial charge is 0.0212 e. The lowest BCUT2D eigenvalue weighted by Gasteiger charge is -1.47. The molecule has 0 radical (unpaired) electrons. The van der Waals surface area contributed by atoms with Crippen molar-refractivity contribution < 1.29 is 5.48 Å². The van der Waals surface area contributed by atoms with Crippen molar-refractivity contribution in [1.29, 1.82) is 0 Å². The maximum absolute atomic E-state index is 3.39. The van der Waals surface area contributed by atoms with Gasteiger partial charge in [-0.25, -0.2) is 0 Å². The molecule has 0 fully saturated rings. The molecule has 0 heterocycles. The fourth-order valence-electron chi connectivity index (χ4n) is 0.0833. The van der Waals surface area contributed by atoms with Crippen molar-refractivity contribution >= 4 is 0 Å². The van der Waals surface area contributed by atoms with Gasteiger partial charge >= 0.3 is 0 Å². The molecular formula is C5H8O. The van der Waals surface area contributed by atoms with Gasteiger partial charge in [0.2, 0.25) is 0 Å². The van der Waals surface area contributed by atoms with Gasteiger partial charge in [0.1, 0.15) is 0 Å². The summed E-state index contributed by atoms with van der Waals surface area (Å²) in [6.45, 7) is 6.69. The minimum absolute atomic E-state index is 0. The van der Waals surface area contributed by atoms with E-state index in [1.54, 1.807) is 12.2 Å². The van der Waals surface area contributed by atoms with Gasteiger partial charge in [0.15, 0.2) is 0 Å². The quantitative estimate of drug-likeness (QED) is 0.330. The molecule has 0 bridgehead atoms. The van der Waals surface area contributed by atoms with Crippen molar-refractivity contribution in [2.24, 2.45) is 0 Å². The summed E-state index contributed by atoms with van der Waals surface area (Å²) in [5.74, 6) is 0. The molecule has 34 valence electrons. The highest BCUT2D eigenvalue weighted by atomic mass is 16.0. The molecule has 0 aromatic heterocycles. The Morgan fingerprint density at radius 2 is 2.00 bits per heavy atom. The van der Waals surface area contributed by atoms with E-state index < -0.39 is 0 Å². The molecule has 0 unspecified atom stereocenters. The normalized spacial score (nSPS) is 4.00. The zero-order chi connectivity index (χ0) is 4.12. The first kappa shape index (κ1) is 8.97. The van der Waals surface area contributed by atoms with E-state index in [1.807, 2.05) is 0 Å². The number of rotatable bonds is 1. The predicted octanol–water partition coefficient (Wildman–Crippen LogP) is 0.689. The lowest BCUT2D eigenvalue weighted by molar-refractivity contribution is 0.824. The molecular weight excluding hydrogens is 76.1 g/mol. The van der Waals surface area contributed by atoms with Crippen LogP contribution in [0.15, 0.2) is 31.0 Å². The maximum Gasteiger partial charge on any atom is -0.0212 e. The van der Waals surface area contributed by atoms with Crippen LogP contribution in [0.3, 0.4) is 0 Å². The standard InChI is InChI=1S/C5H6.H2O/c1-3-5-4-2;/h3,5H,1-2H2;1H2. The average Bonchev–Trinajstić information content (AvgIpc) is 1.41. The van der Waals surface area contributed by atoms with Crippen LogP contribution in [0.2, 0.25) is 0 Å². The second-order valence-corrected chi connectivity index (χ2v) is 0.606. The van der Waals surface area contributed by atoms with Crippen LogP contribution >= 0.6 is 0 Å². The van der Waals surface area contributed by atoms with E-state index >= 15 is 0 Å². The Labute approximate surface area is 37.6 Å². The number of allylic oxidation sites excluding steroid dienone is 2. The fourth-order valence-corrected chi connectivity index (χ4v) is 0.0833. The Morgan fingerprint density at radius 1 is 1.50 bits per heavy atom. The molecule has 2 N–H and O–H groups in total. The third-order valence-electron chi connectivity index (χ3n) is 0.236. The lowest BCUT2D eigenvalue weighted by Crippen LogP contribution is -1.26. The van der Waals surface area contributed by atoms with Gasteiger partial charge in [-0.05, 0) is 6.08 Å². The van der Waals surface area contributed by atoms with Crippen LogP contribution in [0.5, 0.6) is 0 Å². The largest absolute Gasteiger partial charge is 0.412 e. The molecule has 0 saturated carbocycles. The predicted molar refractivity (Wildman–Crippen MR) is 27.5 cm³/mol. The van der Waals surface area contributed by atoms with Crippen LogP contribution in [0.1, 0.15) is 0 Å². The second kappa shape index (κ2) is 8.88. The Hall–Kier alpha value is -0.780. The van der Waals surface area contributed by atoms with Crippen molar-refractivity contribution in [3.63, 3.8) is 0 Å². The fraction of sp³-hybridized carbons (Fsp3) is 0. The van der Waals surface area contributed by atoms with Gasteiger partial charge in [0, 0.05) is 0 Å². The van der Waals surface area contributed by atoms with E-state index in [0.717, 1.165) is 0 Å². The van der Waals surface area contributed by atoms with Crippen LogP contribution in [-0.2, 0) is 0 Å². The summed E-state index contributed by atoms with van der Waals surface area (Å²) in [5.41, 5.74) is 2.52. The molecule has 1 nitrogen and oxygen atoms in total. The molecule has 0 aromatic carbocycles. The maximum atomic E-state index is 3.39. The van der Waals surface area contributed by atoms with E-state index in [2.05, 4.69) is 18.9 Å². The van der Waals surface area contributed by atoms with Crippen LogP contribution in [0, 0.1) is 0 Å². The molecule has 0 rings (SSSR count). The third kappa shape index (κ3) is 10.7. The van der Waals surface area contributed by atoms with Crippen LogP contribution in [0.25, 0.3) is 0 Å². The molecule has 0 spiro atoms. The van der Waals surface area contributed by atoms with Crippen LogP contribution in [-0.4, -0.2) is 5.48 Å². The molecule has 0 saturated heterocycles. The Balaban J connectivity index is 0. The first-order chi connectivity index (χ1) is 2.41. The van der Waals surface area contributed by atoms with Crippen molar-refractivity contribution in [3.8, 4) is 0 Å². The summed E-state index contributed by atoms with van der Waals surface area (Å²) in [4.78, 5) is 0. The highest BCUT2D eigenvalue weighted by molar-refractivity contribution is 4.93. The summed E-state index contributed by atoms with van der Waals surface area (Å²) in [6.07, 6.45) is 3.28. The van der Waals surface area contributed by atoms with Gasteiger partial charge in [0.25, 0.3) is 0 Å². The lowest BCUT2D eigenvalue weighted by atomic mass is 10.6. The molecule has 0 aliphatic heterocycles. The Bertz CT molecular complexity index is 68.0. The molecule has 6 heavy (non-hydrogen) atoms. The molecule has 0 atom stereocenters. The van der Waals surface area contributed by atoms with Gasteiger partial charge in [-0.3, -0.25) is 0 Å². The van der Waals surface area contributed by atoms with Crippen LogP contribution in [0.4, 0.5) is 0 Å². The SMILES string of the molecule is C=C=CC=C.O. The minimum Gasteiger partial charge on any atom is -0.412 e. The molecule has 0 aliphatic carbocycles. The zero-order valence-electron chi connectivity index (χ0n) is 3.57. The van der Waals surface area contributed by atoms with Crippen molar-refractivity contribution in [3.05, 3.63) is 31.0 Å². The second-order valence-electron chi connectivity index (χ2n) is 0.606. The molecule has 0 aromatic rings. The highest BCUT2D eigenvalue weighted by Crippen LogP contribution is 1.57. The Morgan fingerprint density at radius 3 is 2.00 bits per heavy atom. The van der Waals surface area contributed by atoms with E-state index in [9.17, 15) is 0 Å². The summed E-state index contributed by atoms with van der Waals surface area (Å²) in [7, 11) is 0. The van der Waals surface area contributed by atoms with E-state index in [1.165, 1.54) is 0 Å². The number of hydrogen-bond donors (Lipinski definition) is 0. The monoisotopic (exact) mass is 84.1 g/mol. The van der Waals surface area contributed by atoms with Crippen molar-refractivity contribution in [2.75, 3.05) is 0 Å². The van der Waals surface area contributed by atoms with Crippen molar-refractivity contribution in [1.82, 2.24) is 0 Å². The first-order valence-electron chi connectivity index (χ1n) is 1.38. The van der Waals surface area contributed by atoms with Gasteiger partial charge in [0.05, 0.1) is 0 Å². The summed E-state index contributed by atoms with van der Waals surface area (Å²) >= 11 is 0. The third-order valence-corrected chi connectivity index (χ3v) is 0.236. The number of hydrogen-bond acceptors (Lipinski definition) is 0. The van der Waals surface area contributed by atoms with Gasteiger partial charge in [-0.2, -0.15) is 0 Å². The highest BCUT2D eigenvalue weighted by Gasteiger charge is 1.36. The topological polar surface area (TPSA) is 31.5 Å². The summed E-state index contributed by atoms with van der Waals surface area (Å²) in [5, 5.41) is 0. The summed E-state index contributed by atoms with van der Waals surface area (Å²) in [6, 6.07) is 0. The average molecular weight is 84.1 g/mol. The van der Waals surface area contributed by atoms with Gasteiger partial charge in [-0.15, -0.1) is 5.73 Å². The zero-order valence-corrected chi connectivity index (χ0v) is 3.57. The first-order valence-corrected chi connectivity index (χ1v) is 1.38. The Kier molecular flexibility index (Phi) is 13.3. The molecule has 0 aliphatic rings. The van der Waals surface area contributed by atoms with Gasteiger partial charge < -0.3 is 5.48 Å². The van der Waals surface area contributed by atoms with Crippen LogP contribution < -0.4 is 0 Å². The van der Waals surface area contributed by atoms with E-state index in [0.29, 0.717) is 0 Å². The van der Waals surface area contributed by atoms with E-state index in [4.69, 9.17) is 0 Å². The summed E-state index contributed by atoms with van der Waals surface area (Å²) < 4.78 is 0.